The Morgan fingerprint density at radius 3 is 3.00 bits per heavy atom. The summed E-state index contributed by atoms with van der Waals surface area (Å²) in [6.45, 7) is 2.41. The highest BCUT2D eigenvalue weighted by molar-refractivity contribution is 8.14. The van der Waals surface area contributed by atoms with Gasteiger partial charge >= 0.3 is 0 Å². The Morgan fingerprint density at radius 2 is 2.24 bits per heavy atom. The van der Waals surface area contributed by atoms with Gasteiger partial charge in [-0.15, -0.1) is 0 Å². The normalized spacial score (nSPS) is 40.5. The molecule has 4 aliphatic rings. The molecule has 5 nitrogen and oxygen atoms in total. The molecule has 2 aliphatic heterocycles. The molecule has 5 rings (SSSR count). The Labute approximate surface area is 150 Å². The quantitative estimate of drug-likeness (QED) is 0.743. The molecule has 1 aromatic rings. The Bertz CT molecular complexity index is 824. The zero-order valence-electron chi connectivity index (χ0n) is 14.2. The van der Waals surface area contributed by atoms with Gasteiger partial charge < -0.3 is 14.9 Å². The lowest BCUT2D eigenvalue weighted by Gasteiger charge is -2.61. The van der Waals surface area contributed by atoms with Crippen LogP contribution in [0.4, 0.5) is 0 Å². The molecule has 0 amide bonds. The van der Waals surface area contributed by atoms with E-state index < -0.39 is 11.0 Å². The van der Waals surface area contributed by atoms with E-state index in [1.54, 1.807) is 13.0 Å². The van der Waals surface area contributed by atoms with Crippen molar-refractivity contribution in [3.05, 3.63) is 35.4 Å². The average Bonchev–Trinajstić information content (AvgIpc) is 2.91. The molecular formula is C19H21NO4S. The zero-order valence-corrected chi connectivity index (χ0v) is 15.0. The van der Waals surface area contributed by atoms with Crippen molar-refractivity contribution in [2.75, 3.05) is 13.6 Å². The molecule has 1 spiro atoms. The van der Waals surface area contributed by atoms with Crippen LogP contribution in [0.25, 0.3) is 0 Å². The van der Waals surface area contributed by atoms with Crippen LogP contribution in [0.5, 0.6) is 11.5 Å². The fourth-order valence-corrected chi connectivity index (χ4v) is 6.51. The minimum atomic E-state index is -1.05. The topological polar surface area (TPSA) is 70.0 Å². The number of aliphatic hydroxyl groups is 1. The number of thioether (sulfide) groups is 1. The molecule has 0 saturated carbocycles. The second kappa shape index (κ2) is 4.81. The second-order valence-electron chi connectivity index (χ2n) is 7.67. The van der Waals surface area contributed by atoms with Gasteiger partial charge in [-0.1, -0.05) is 30.0 Å². The zero-order chi connectivity index (χ0) is 17.6. The first-order valence-corrected chi connectivity index (χ1v) is 9.57. The van der Waals surface area contributed by atoms with Crippen molar-refractivity contribution in [2.24, 2.45) is 0 Å². The van der Waals surface area contributed by atoms with Crippen LogP contribution in [0.3, 0.4) is 0 Å². The van der Waals surface area contributed by atoms with Crippen molar-refractivity contribution in [3.63, 3.8) is 0 Å². The van der Waals surface area contributed by atoms with E-state index in [4.69, 9.17) is 4.74 Å². The van der Waals surface area contributed by atoms with E-state index in [-0.39, 0.29) is 28.3 Å². The predicted octanol–water partition coefficient (Wildman–Crippen LogP) is 1.60. The number of rotatable bonds is 1. The summed E-state index contributed by atoms with van der Waals surface area (Å²) in [5.41, 5.74) is 0.444. The van der Waals surface area contributed by atoms with Crippen molar-refractivity contribution >= 4 is 16.9 Å². The number of hydrogen-bond donors (Lipinski definition) is 2. The fraction of sp³-hybridized carbons (Fsp3) is 0.526. The van der Waals surface area contributed by atoms with Gasteiger partial charge in [0.1, 0.15) is 11.7 Å². The molecule has 6 heteroatoms. The SMILES string of the molecule is CC(=O)S[C@@H]1C=C[C@@]2(O)[C@H]3Cc4ccc(O)c5c4[C@@]2(CCN3C)[C@H]1O5. The van der Waals surface area contributed by atoms with E-state index in [2.05, 4.69) is 11.9 Å². The summed E-state index contributed by atoms with van der Waals surface area (Å²) >= 11 is 1.24. The number of likely N-dealkylation sites (tertiary alicyclic amines) is 1. The van der Waals surface area contributed by atoms with Gasteiger partial charge in [0.05, 0.1) is 10.7 Å². The van der Waals surface area contributed by atoms with Gasteiger partial charge in [-0.05, 0) is 38.1 Å². The van der Waals surface area contributed by atoms with Gasteiger partial charge in [0.2, 0.25) is 0 Å². The minimum Gasteiger partial charge on any atom is -0.504 e. The first-order valence-electron chi connectivity index (χ1n) is 8.69. The van der Waals surface area contributed by atoms with Crippen molar-refractivity contribution in [3.8, 4) is 11.5 Å². The number of phenols is 1. The lowest BCUT2D eigenvalue weighted by Crippen LogP contribution is -2.74. The molecule has 1 aromatic carbocycles. The number of carbonyl (C=O) groups is 1. The maximum atomic E-state index is 11.8. The lowest BCUT2D eigenvalue weighted by molar-refractivity contribution is -0.132. The largest absolute Gasteiger partial charge is 0.504 e. The van der Waals surface area contributed by atoms with Crippen LogP contribution in [-0.2, 0) is 16.6 Å². The monoisotopic (exact) mass is 359 g/mol. The molecule has 0 aromatic heterocycles. The van der Waals surface area contributed by atoms with E-state index in [0.29, 0.717) is 5.75 Å². The van der Waals surface area contributed by atoms with E-state index in [1.165, 1.54) is 11.8 Å². The number of carbonyl (C=O) groups excluding carboxylic acids is 1. The third kappa shape index (κ3) is 1.70. The minimum absolute atomic E-state index is 0.0285. The summed E-state index contributed by atoms with van der Waals surface area (Å²) in [4.78, 5) is 14.0. The number of phenolic OH excluding ortho intramolecular Hbond substituents is 1. The van der Waals surface area contributed by atoms with Crippen molar-refractivity contribution in [1.82, 2.24) is 4.90 Å². The third-order valence-electron chi connectivity index (χ3n) is 6.57. The van der Waals surface area contributed by atoms with Crippen LogP contribution in [0.2, 0.25) is 0 Å². The predicted molar refractivity (Wildman–Crippen MR) is 95.1 cm³/mol. The molecule has 5 atom stereocenters. The Hall–Kier alpha value is -1.50. The summed E-state index contributed by atoms with van der Waals surface area (Å²) in [5.74, 6) is 0.621. The van der Waals surface area contributed by atoms with Crippen molar-refractivity contribution in [1.29, 1.82) is 0 Å². The van der Waals surface area contributed by atoms with Crippen LogP contribution in [0.1, 0.15) is 24.5 Å². The molecule has 1 saturated heterocycles. The molecule has 1 fully saturated rings. The second-order valence-corrected chi connectivity index (χ2v) is 9.02. The van der Waals surface area contributed by atoms with Crippen LogP contribution in [0.15, 0.2) is 24.3 Å². The number of hydrogen-bond acceptors (Lipinski definition) is 6. The third-order valence-corrected chi connectivity index (χ3v) is 7.58. The maximum absolute atomic E-state index is 11.8. The Morgan fingerprint density at radius 1 is 1.44 bits per heavy atom. The Kier molecular flexibility index (Phi) is 3.03. The number of nitrogens with zero attached hydrogens (tertiary/aromatic N) is 1. The molecule has 0 radical (unpaired) electrons. The molecule has 2 bridgehead atoms. The number of ether oxygens (including phenoxy) is 1. The molecule has 2 aliphatic carbocycles. The van der Waals surface area contributed by atoms with Gasteiger partial charge in [0.25, 0.3) is 0 Å². The lowest BCUT2D eigenvalue weighted by atomic mass is 9.51. The van der Waals surface area contributed by atoms with Gasteiger partial charge in [-0.25, -0.2) is 0 Å². The van der Waals surface area contributed by atoms with Crippen LogP contribution in [0, 0.1) is 0 Å². The van der Waals surface area contributed by atoms with Crippen LogP contribution >= 0.6 is 11.8 Å². The van der Waals surface area contributed by atoms with E-state index in [1.807, 2.05) is 18.2 Å². The molecular weight excluding hydrogens is 338 g/mol. The maximum Gasteiger partial charge on any atom is 0.186 e. The highest BCUT2D eigenvalue weighted by Gasteiger charge is 2.71. The van der Waals surface area contributed by atoms with Crippen molar-refractivity contribution < 1.29 is 19.7 Å². The molecule has 25 heavy (non-hydrogen) atoms. The summed E-state index contributed by atoms with van der Waals surface area (Å²) in [7, 11) is 2.05. The summed E-state index contributed by atoms with van der Waals surface area (Å²) < 4.78 is 6.27. The van der Waals surface area contributed by atoms with Gasteiger partial charge in [0, 0.05) is 18.5 Å². The van der Waals surface area contributed by atoms with E-state index >= 15 is 0 Å². The standard InChI is InChI=1S/C19H21NO4S/c1-10(21)25-13-5-6-19(23)14-9-11-3-4-12(22)16-15(11)18(19,17(13)24-16)7-8-20(14)2/h3-6,13-14,17,22-23H,7-9H2,1-2H3/t13-,14-,17+,18+,19-/m1/s1. The number of aromatic hydroxyl groups is 1. The molecule has 2 N–H and O–H groups in total. The van der Waals surface area contributed by atoms with Crippen LogP contribution in [-0.4, -0.2) is 56.8 Å². The van der Waals surface area contributed by atoms with Crippen LogP contribution < -0.4 is 4.74 Å². The summed E-state index contributed by atoms with van der Waals surface area (Å²) in [5, 5.41) is 22.1. The number of benzene rings is 1. The smallest absolute Gasteiger partial charge is 0.186 e. The van der Waals surface area contributed by atoms with Crippen molar-refractivity contribution in [2.45, 2.75) is 48.2 Å². The summed E-state index contributed by atoms with van der Waals surface area (Å²) in [6.07, 6.45) is 4.94. The van der Waals surface area contributed by atoms with Gasteiger partial charge in [-0.3, -0.25) is 9.69 Å². The first kappa shape index (κ1) is 15.7. The highest BCUT2D eigenvalue weighted by atomic mass is 32.2. The van der Waals surface area contributed by atoms with E-state index in [9.17, 15) is 15.0 Å². The molecule has 0 unspecified atom stereocenters. The molecule has 132 valence electrons. The Balaban J connectivity index is 1.80. The molecule has 2 heterocycles. The highest BCUT2D eigenvalue weighted by Crippen LogP contribution is 2.64. The number of likely N-dealkylation sites (N-methyl/N-ethyl adjacent to an activating group) is 1. The first-order chi connectivity index (χ1) is 11.9. The number of piperidine rings is 1. The summed E-state index contributed by atoms with van der Waals surface area (Å²) in [6, 6.07) is 3.61. The van der Waals surface area contributed by atoms with Gasteiger partial charge in [-0.2, -0.15) is 0 Å². The van der Waals surface area contributed by atoms with E-state index in [0.717, 1.165) is 30.5 Å². The van der Waals surface area contributed by atoms with Gasteiger partial charge in [0.15, 0.2) is 16.6 Å². The average molecular weight is 359 g/mol. The fourth-order valence-electron chi connectivity index (χ4n) is 5.56.